The Hall–Kier alpha value is -3.97. The van der Waals surface area contributed by atoms with Gasteiger partial charge in [-0.2, -0.15) is 0 Å². The van der Waals surface area contributed by atoms with Crippen LogP contribution in [0.4, 0.5) is 11.4 Å². The Kier molecular flexibility index (Phi) is 6.98. The highest BCUT2D eigenvalue weighted by atomic mass is 16.2. The third kappa shape index (κ3) is 5.41. The average molecular weight is 471 g/mol. The molecule has 3 aromatic carbocycles. The molecule has 3 aromatic rings. The summed E-state index contributed by atoms with van der Waals surface area (Å²) in [5.74, 6) is -0.724. The number of nitrogens with one attached hydrogen (secondary N) is 2. The molecule has 0 aliphatic carbocycles. The summed E-state index contributed by atoms with van der Waals surface area (Å²) in [6.07, 6.45) is 0.0868. The molecule has 180 valence electrons. The van der Waals surface area contributed by atoms with E-state index in [1.165, 1.54) is 0 Å². The van der Waals surface area contributed by atoms with Crippen LogP contribution in [0.1, 0.15) is 52.6 Å². The van der Waals surface area contributed by atoms with E-state index in [9.17, 15) is 14.4 Å². The maximum Gasteiger partial charge on any atom is 0.258 e. The SMILES string of the molecule is CC(C)(CN)CNC(=O)c1ccc2c(c1)NC(=O)CC(c1ccccc1)N2C(=O)c1ccccc1. The van der Waals surface area contributed by atoms with Crippen molar-refractivity contribution in [2.24, 2.45) is 11.1 Å². The molecule has 3 amide bonds. The Bertz CT molecular complexity index is 1230. The van der Waals surface area contributed by atoms with Crippen LogP contribution in [-0.2, 0) is 4.79 Å². The molecule has 4 N–H and O–H groups in total. The molecular weight excluding hydrogens is 440 g/mol. The molecule has 0 fully saturated rings. The smallest absolute Gasteiger partial charge is 0.258 e. The van der Waals surface area contributed by atoms with Gasteiger partial charge in [0.2, 0.25) is 5.91 Å². The summed E-state index contributed by atoms with van der Waals surface area (Å²) in [6, 6.07) is 23.0. The zero-order chi connectivity index (χ0) is 25.0. The normalized spacial score (nSPS) is 15.6. The minimum absolute atomic E-state index is 0.0868. The predicted molar refractivity (Wildman–Crippen MR) is 137 cm³/mol. The summed E-state index contributed by atoms with van der Waals surface area (Å²) in [6.45, 7) is 4.80. The molecule has 35 heavy (non-hydrogen) atoms. The van der Waals surface area contributed by atoms with Gasteiger partial charge in [0.1, 0.15) is 0 Å². The molecule has 7 nitrogen and oxygen atoms in total. The van der Waals surface area contributed by atoms with E-state index >= 15 is 0 Å². The predicted octanol–water partition coefficient (Wildman–Crippen LogP) is 4.13. The fourth-order valence-electron chi connectivity index (χ4n) is 4.03. The zero-order valence-corrected chi connectivity index (χ0v) is 20.0. The first-order valence-corrected chi connectivity index (χ1v) is 11.6. The largest absolute Gasteiger partial charge is 0.351 e. The van der Waals surface area contributed by atoms with Gasteiger partial charge in [-0.3, -0.25) is 19.3 Å². The molecule has 7 heteroatoms. The monoisotopic (exact) mass is 470 g/mol. The number of amides is 3. The first kappa shape index (κ1) is 24.2. The molecule has 4 rings (SSSR count). The van der Waals surface area contributed by atoms with Gasteiger partial charge in [0, 0.05) is 17.7 Å². The van der Waals surface area contributed by atoms with Gasteiger partial charge in [-0.05, 0) is 47.9 Å². The molecule has 0 radical (unpaired) electrons. The van der Waals surface area contributed by atoms with Crippen molar-refractivity contribution in [3.63, 3.8) is 0 Å². The minimum atomic E-state index is -0.504. The molecule has 0 aromatic heterocycles. The van der Waals surface area contributed by atoms with Gasteiger partial charge < -0.3 is 16.4 Å². The van der Waals surface area contributed by atoms with Gasteiger partial charge in [0.15, 0.2) is 0 Å². The molecule has 1 aliphatic rings. The summed E-state index contributed by atoms with van der Waals surface area (Å²) < 4.78 is 0. The molecule has 0 spiro atoms. The Morgan fingerprint density at radius 3 is 2.31 bits per heavy atom. The van der Waals surface area contributed by atoms with Gasteiger partial charge in [-0.25, -0.2) is 0 Å². The first-order valence-electron chi connectivity index (χ1n) is 11.6. The minimum Gasteiger partial charge on any atom is -0.351 e. The lowest BCUT2D eigenvalue weighted by Crippen LogP contribution is -2.38. The highest BCUT2D eigenvalue weighted by molar-refractivity contribution is 6.12. The molecule has 0 saturated carbocycles. The Morgan fingerprint density at radius 1 is 1.00 bits per heavy atom. The van der Waals surface area contributed by atoms with Crippen molar-refractivity contribution >= 4 is 29.1 Å². The number of hydrogen-bond acceptors (Lipinski definition) is 4. The van der Waals surface area contributed by atoms with Gasteiger partial charge in [-0.15, -0.1) is 0 Å². The first-order chi connectivity index (χ1) is 16.8. The lowest BCUT2D eigenvalue weighted by atomic mass is 9.94. The number of fused-ring (bicyclic) bond motifs is 1. The number of carbonyl (C=O) groups excluding carboxylic acids is 3. The van der Waals surface area contributed by atoms with Crippen molar-refractivity contribution in [1.29, 1.82) is 0 Å². The van der Waals surface area contributed by atoms with Crippen molar-refractivity contribution < 1.29 is 14.4 Å². The van der Waals surface area contributed by atoms with Crippen molar-refractivity contribution in [1.82, 2.24) is 5.32 Å². The van der Waals surface area contributed by atoms with E-state index in [1.807, 2.05) is 62.4 Å². The number of anilines is 2. The number of nitrogens with zero attached hydrogens (tertiary/aromatic N) is 1. The van der Waals surface area contributed by atoms with Crippen molar-refractivity contribution in [2.75, 3.05) is 23.3 Å². The molecule has 1 heterocycles. The Labute approximate surface area is 205 Å². The fourth-order valence-corrected chi connectivity index (χ4v) is 4.03. The molecule has 1 atom stereocenters. The molecular formula is C28H30N4O3. The number of carbonyl (C=O) groups is 3. The van der Waals surface area contributed by atoms with Crippen molar-refractivity contribution in [2.45, 2.75) is 26.3 Å². The number of hydrogen-bond donors (Lipinski definition) is 3. The second-order valence-corrected chi connectivity index (χ2v) is 9.50. The van der Waals surface area contributed by atoms with Crippen LogP contribution in [0.25, 0.3) is 0 Å². The van der Waals surface area contributed by atoms with Crippen LogP contribution in [0.15, 0.2) is 78.9 Å². The highest BCUT2D eigenvalue weighted by Gasteiger charge is 2.34. The number of benzene rings is 3. The maximum absolute atomic E-state index is 13.8. The number of nitrogens with two attached hydrogens (primary N) is 1. The molecule has 0 bridgehead atoms. The van der Waals surface area contributed by atoms with Crippen LogP contribution in [-0.4, -0.2) is 30.8 Å². The van der Waals surface area contributed by atoms with Crippen LogP contribution in [0.5, 0.6) is 0 Å². The molecule has 1 aliphatic heterocycles. The van der Waals surface area contributed by atoms with Gasteiger partial charge >= 0.3 is 0 Å². The Balaban J connectivity index is 1.76. The molecule has 0 saturated heterocycles. The van der Waals surface area contributed by atoms with Gasteiger partial charge in [0.25, 0.3) is 11.8 Å². The van der Waals surface area contributed by atoms with E-state index in [-0.39, 0.29) is 29.6 Å². The quantitative estimate of drug-likeness (QED) is 0.504. The molecule has 1 unspecified atom stereocenters. The topological polar surface area (TPSA) is 105 Å². The summed E-state index contributed by atoms with van der Waals surface area (Å²) in [5, 5.41) is 5.81. The van der Waals surface area contributed by atoms with Crippen LogP contribution in [0.3, 0.4) is 0 Å². The van der Waals surface area contributed by atoms with Crippen LogP contribution in [0, 0.1) is 5.41 Å². The van der Waals surface area contributed by atoms with E-state index in [0.29, 0.717) is 35.6 Å². The third-order valence-corrected chi connectivity index (χ3v) is 6.19. The lowest BCUT2D eigenvalue weighted by molar-refractivity contribution is -0.116. The third-order valence-electron chi connectivity index (χ3n) is 6.19. The standard InChI is InChI=1S/C28H30N4O3/c1-28(2,17-29)18-30-26(34)21-13-14-23-22(15-21)31-25(33)16-24(19-9-5-3-6-10-19)32(23)27(35)20-11-7-4-8-12-20/h3-15,24H,16-18,29H2,1-2H3,(H,30,34)(H,31,33). The summed E-state index contributed by atoms with van der Waals surface area (Å²) >= 11 is 0. The van der Waals surface area contributed by atoms with Crippen LogP contribution < -0.4 is 21.3 Å². The van der Waals surface area contributed by atoms with Crippen molar-refractivity contribution in [3.05, 3.63) is 95.6 Å². The van der Waals surface area contributed by atoms with E-state index in [1.54, 1.807) is 35.2 Å². The second-order valence-electron chi connectivity index (χ2n) is 9.50. The summed E-state index contributed by atoms with van der Waals surface area (Å²) in [5.41, 5.74) is 8.25. The maximum atomic E-state index is 13.8. The summed E-state index contributed by atoms with van der Waals surface area (Å²) in [4.78, 5) is 41.2. The zero-order valence-electron chi connectivity index (χ0n) is 20.0. The van der Waals surface area contributed by atoms with Gasteiger partial charge in [-0.1, -0.05) is 62.4 Å². The van der Waals surface area contributed by atoms with E-state index in [0.717, 1.165) is 5.56 Å². The van der Waals surface area contributed by atoms with E-state index < -0.39 is 6.04 Å². The van der Waals surface area contributed by atoms with Crippen molar-refractivity contribution in [3.8, 4) is 0 Å². The lowest BCUT2D eigenvalue weighted by Gasteiger charge is -2.31. The highest BCUT2D eigenvalue weighted by Crippen LogP contribution is 2.39. The van der Waals surface area contributed by atoms with Crippen LogP contribution in [0.2, 0.25) is 0 Å². The van der Waals surface area contributed by atoms with Crippen LogP contribution >= 0.6 is 0 Å². The van der Waals surface area contributed by atoms with E-state index in [4.69, 9.17) is 5.73 Å². The van der Waals surface area contributed by atoms with E-state index in [2.05, 4.69) is 10.6 Å². The fraction of sp³-hybridized carbons (Fsp3) is 0.250. The Morgan fingerprint density at radius 2 is 1.66 bits per heavy atom. The van der Waals surface area contributed by atoms with Gasteiger partial charge in [0.05, 0.1) is 23.8 Å². The second kappa shape index (κ2) is 10.1. The average Bonchev–Trinajstić information content (AvgIpc) is 3.03. The number of rotatable bonds is 6. The summed E-state index contributed by atoms with van der Waals surface area (Å²) in [7, 11) is 0.